The molecular weight excluding hydrogens is 150 g/mol. The van der Waals surface area contributed by atoms with Gasteiger partial charge in [0.05, 0.1) is 5.57 Å². The van der Waals surface area contributed by atoms with Gasteiger partial charge in [0.15, 0.2) is 6.29 Å². The Hall–Kier alpha value is -1.78. The quantitative estimate of drug-likeness (QED) is 0.277. The molecule has 1 N–H and O–H groups in total. The molecule has 0 aromatic carbocycles. The molecule has 56 valence electrons. The molecule has 0 aliphatic carbocycles. The molecule has 1 amide bonds. The summed E-state index contributed by atoms with van der Waals surface area (Å²) in [7, 11) is 0. The van der Waals surface area contributed by atoms with Gasteiger partial charge in [-0.3, -0.25) is 19.2 Å². The molecule has 0 unspecified atom stereocenters. The topological polar surface area (TPSA) is 80.3 Å². The molecule has 0 spiro atoms. The first-order valence-electron chi connectivity index (χ1n) is 2.71. The number of hydrogen-bond donors (Lipinski definition) is 1. The molecule has 11 heavy (non-hydrogen) atoms. The monoisotopic (exact) mass is 153 g/mol. The number of amides is 1. The van der Waals surface area contributed by atoms with E-state index in [0.29, 0.717) is 0 Å². The van der Waals surface area contributed by atoms with Crippen LogP contribution >= 0.6 is 0 Å². The summed E-state index contributed by atoms with van der Waals surface area (Å²) < 4.78 is 0. The Kier molecular flexibility index (Phi) is 1.63. The highest BCUT2D eigenvalue weighted by molar-refractivity contribution is 6.69. The number of carbonyl (C=O) groups excluding carboxylic acids is 4. The Morgan fingerprint density at radius 1 is 1.18 bits per heavy atom. The Balaban J connectivity index is 3.06. The molecule has 0 saturated carbocycles. The van der Waals surface area contributed by atoms with Crippen molar-refractivity contribution in [3.63, 3.8) is 0 Å². The van der Waals surface area contributed by atoms with Crippen LogP contribution in [0.2, 0.25) is 0 Å². The van der Waals surface area contributed by atoms with Gasteiger partial charge in [0.1, 0.15) is 0 Å². The molecule has 1 aliphatic heterocycles. The van der Waals surface area contributed by atoms with Gasteiger partial charge in [-0.15, -0.1) is 0 Å². The first-order valence-corrected chi connectivity index (χ1v) is 2.71. The third-order valence-corrected chi connectivity index (χ3v) is 1.16. The number of Topliss-reactive ketones (excluding diaryl/α,β-unsaturated/α-hetero) is 2. The minimum absolute atomic E-state index is 0.222. The molecule has 5 nitrogen and oxygen atoms in total. The molecule has 0 aromatic rings. The number of allylic oxidation sites excluding steroid dienone is 1. The van der Waals surface area contributed by atoms with E-state index in [1.54, 1.807) is 0 Å². The molecule has 1 aliphatic rings. The lowest BCUT2D eigenvalue weighted by Crippen LogP contribution is -2.38. The highest BCUT2D eigenvalue weighted by Gasteiger charge is 2.29. The second-order valence-electron chi connectivity index (χ2n) is 1.85. The van der Waals surface area contributed by atoms with Gasteiger partial charge in [-0.05, 0) is 0 Å². The molecular formula is C6H3NO4. The SMILES string of the molecule is O=CC1=CNC(=O)C(=O)C1=O. The second-order valence-corrected chi connectivity index (χ2v) is 1.85. The average molecular weight is 153 g/mol. The number of aldehydes is 1. The third-order valence-electron chi connectivity index (χ3n) is 1.16. The summed E-state index contributed by atoms with van der Waals surface area (Å²) in [5, 5.41) is 1.96. The van der Waals surface area contributed by atoms with Gasteiger partial charge in [0.2, 0.25) is 5.78 Å². The molecule has 0 atom stereocenters. The van der Waals surface area contributed by atoms with Crippen molar-refractivity contribution in [3.05, 3.63) is 11.8 Å². The number of rotatable bonds is 1. The molecule has 0 aromatic heterocycles. The van der Waals surface area contributed by atoms with E-state index in [9.17, 15) is 19.2 Å². The minimum Gasteiger partial charge on any atom is -0.325 e. The smallest absolute Gasteiger partial charge is 0.299 e. The van der Waals surface area contributed by atoms with Gasteiger partial charge in [0.25, 0.3) is 11.7 Å². The second kappa shape index (κ2) is 2.45. The van der Waals surface area contributed by atoms with Crippen molar-refractivity contribution < 1.29 is 19.2 Å². The van der Waals surface area contributed by atoms with Crippen LogP contribution in [0.25, 0.3) is 0 Å². The van der Waals surface area contributed by atoms with Crippen molar-refractivity contribution in [3.8, 4) is 0 Å². The predicted octanol–water partition coefficient (Wildman–Crippen LogP) is -1.66. The number of carbonyl (C=O) groups is 4. The fourth-order valence-corrected chi connectivity index (χ4v) is 0.596. The summed E-state index contributed by atoms with van der Waals surface area (Å²) >= 11 is 0. The number of ketones is 2. The fourth-order valence-electron chi connectivity index (χ4n) is 0.596. The first kappa shape index (κ1) is 7.33. The van der Waals surface area contributed by atoms with Gasteiger partial charge < -0.3 is 5.32 Å². The highest BCUT2D eigenvalue weighted by Crippen LogP contribution is 1.97. The number of hydrogen-bond acceptors (Lipinski definition) is 4. The van der Waals surface area contributed by atoms with Gasteiger partial charge in [-0.1, -0.05) is 0 Å². The summed E-state index contributed by atoms with van der Waals surface area (Å²) in [5.41, 5.74) is -0.324. The maximum atomic E-state index is 10.7. The lowest BCUT2D eigenvalue weighted by Gasteiger charge is -2.04. The van der Waals surface area contributed by atoms with E-state index < -0.39 is 17.5 Å². The van der Waals surface area contributed by atoms with Gasteiger partial charge in [-0.2, -0.15) is 0 Å². The minimum atomic E-state index is -1.20. The summed E-state index contributed by atoms with van der Waals surface area (Å²) in [6.07, 6.45) is 1.14. The summed E-state index contributed by atoms with van der Waals surface area (Å²) in [6.45, 7) is 0. The Morgan fingerprint density at radius 3 is 2.36 bits per heavy atom. The Morgan fingerprint density at radius 2 is 1.82 bits per heavy atom. The molecule has 0 fully saturated rings. The van der Waals surface area contributed by atoms with Crippen molar-refractivity contribution in [2.24, 2.45) is 0 Å². The molecule has 0 bridgehead atoms. The van der Waals surface area contributed by atoms with Crippen LogP contribution in [-0.4, -0.2) is 23.8 Å². The van der Waals surface area contributed by atoms with Gasteiger partial charge in [-0.25, -0.2) is 0 Å². The largest absolute Gasteiger partial charge is 0.325 e. The molecule has 0 saturated heterocycles. The van der Waals surface area contributed by atoms with Crippen LogP contribution in [0.3, 0.4) is 0 Å². The van der Waals surface area contributed by atoms with Crippen molar-refractivity contribution in [2.75, 3.05) is 0 Å². The van der Waals surface area contributed by atoms with Crippen LogP contribution in [0.4, 0.5) is 0 Å². The zero-order valence-corrected chi connectivity index (χ0v) is 5.29. The van der Waals surface area contributed by atoms with Crippen LogP contribution in [0.15, 0.2) is 11.8 Å². The molecule has 1 rings (SSSR count). The van der Waals surface area contributed by atoms with E-state index in [-0.39, 0.29) is 11.9 Å². The van der Waals surface area contributed by atoms with E-state index in [4.69, 9.17) is 0 Å². The molecule has 0 radical (unpaired) electrons. The van der Waals surface area contributed by atoms with Crippen LogP contribution in [-0.2, 0) is 19.2 Å². The average Bonchev–Trinajstić information content (AvgIpc) is 2.01. The zero-order valence-electron chi connectivity index (χ0n) is 5.29. The Labute approximate surface area is 61.1 Å². The highest BCUT2D eigenvalue weighted by atomic mass is 16.2. The predicted molar refractivity (Wildman–Crippen MR) is 32.3 cm³/mol. The first-order chi connectivity index (χ1) is 5.16. The summed E-state index contributed by atoms with van der Waals surface area (Å²) in [5.74, 6) is -3.25. The maximum Gasteiger partial charge on any atom is 0.299 e. The van der Waals surface area contributed by atoms with Crippen molar-refractivity contribution in [1.29, 1.82) is 0 Å². The van der Waals surface area contributed by atoms with Crippen LogP contribution < -0.4 is 5.32 Å². The van der Waals surface area contributed by atoms with Crippen LogP contribution in [0.1, 0.15) is 0 Å². The molecule has 1 heterocycles. The van der Waals surface area contributed by atoms with E-state index in [1.165, 1.54) is 0 Å². The van der Waals surface area contributed by atoms with Gasteiger partial charge in [0, 0.05) is 6.20 Å². The lowest BCUT2D eigenvalue weighted by atomic mass is 10.1. The normalized spacial score (nSPS) is 17.5. The van der Waals surface area contributed by atoms with E-state index in [2.05, 4.69) is 0 Å². The third kappa shape index (κ3) is 1.07. The van der Waals surface area contributed by atoms with E-state index >= 15 is 0 Å². The summed E-state index contributed by atoms with van der Waals surface area (Å²) in [6, 6.07) is 0. The fraction of sp³-hybridized carbons (Fsp3) is 0. The van der Waals surface area contributed by atoms with Crippen LogP contribution in [0.5, 0.6) is 0 Å². The van der Waals surface area contributed by atoms with E-state index in [1.807, 2.05) is 5.32 Å². The van der Waals surface area contributed by atoms with Gasteiger partial charge >= 0.3 is 0 Å². The standard InChI is InChI=1S/C6H3NO4/c8-2-3-1-7-6(11)5(10)4(3)9/h1-2H,(H,7,11). The lowest BCUT2D eigenvalue weighted by molar-refractivity contribution is -0.144. The number of nitrogens with one attached hydrogen (secondary N) is 1. The summed E-state index contributed by atoms with van der Waals surface area (Å²) in [4.78, 5) is 41.6. The molecule has 5 heteroatoms. The van der Waals surface area contributed by atoms with Crippen molar-refractivity contribution in [2.45, 2.75) is 0 Å². The maximum absolute atomic E-state index is 10.7. The van der Waals surface area contributed by atoms with Crippen LogP contribution in [0, 0.1) is 0 Å². The van der Waals surface area contributed by atoms with Crippen molar-refractivity contribution >= 4 is 23.8 Å². The zero-order chi connectivity index (χ0) is 8.43. The van der Waals surface area contributed by atoms with E-state index in [0.717, 1.165) is 6.20 Å². The van der Waals surface area contributed by atoms with Crippen molar-refractivity contribution in [1.82, 2.24) is 5.32 Å². The Bertz CT molecular complexity index is 289.